The smallest absolute Gasteiger partial charge is 0.123 e. The fourth-order valence-electron chi connectivity index (χ4n) is 5.75. The highest BCUT2D eigenvalue weighted by Gasteiger charge is 2.24. The van der Waals surface area contributed by atoms with Gasteiger partial charge in [-0.3, -0.25) is 4.98 Å². The number of benzene rings is 2. The molecular formula is C30H35FN2. The van der Waals surface area contributed by atoms with E-state index in [1.165, 1.54) is 74.7 Å². The van der Waals surface area contributed by atoms with Crippen LogP contribution in [0.3, 0.4) is 0 Å². The molecule has 0 bridgehead atoms. The molecular weight excluding hydrogens is 407 g/mol. The topological polar surface area (TPSA) is 16.1 Å². The lowest BCUT2D eigenvalue weighted by Crippen LogP contribution is -2.35. The number of likely N-dealkylation sites (tertiary alicyclic amines) is 1. The molecule has 1 aliphatic heterocycles. The Morgan fingerprint density at radius 2 is 1.58 bits per heavy atom. The lowest BCUT2D eigenvalue weighted by Gasteiger charge is -2.33. The standard InChI is InChI=1S/C30H35FN2/c31-29-12-6-23(7-13-29)14-18-33-19-15-25(16-20-33)21-24-4-8-26-10-11-28(22-27(26)9-5-24)30-3-1-2-17-32-30/h1-3,6-7,10-13,17,22,24-25H,4-5,8-9,14-16,18-21H2. The molecule has 0 N–H and O–H groups in total. The predicted molar refractivity (Wildman–Crippen MR) is 134 cm³/mol. The summed E-state index contributed by atoms with van der Waals surface area (Å²) in [5.41, 5.74) is 6.65. The van der Waals surface area contributed by atoms with E-state index in [1.807, 2.05) is 24.4 Å². The van der Waals surface area contributed by atoms with Gasteiger partial charge in [0.15, 0.2) is 0 Å². The summed E-state index contributed by atoms with van der Waals surface area (Å²) in [6.07, 6.45) is 12.0. The summed E-state index contributed by atoms with van der Waals surface area (Å²) in [5.74, 6) is 1.59. The van der Waals surface area contributed by atoms with Crippen LogP contribution < -0.4 is 0 Å². The van der Waals surface area contributed by atoms with Gasteiger partial charge in [0, 0.05) is 18.3 Å². The Kier molecular flexibility index (Phi) is 7.16. The summed E-state index contributed by atoms with van der Waals surface area (Å²) >= 11 is 0. The van der Waals surface area contributed by atoms with Gasteiger partial charge in [-0.1, -0.05) is 30.3 Å². The number of rotatable bonds is 6. The molecule has 1 unspecified atom stereocenters. The van der Waals surface area contributed by atoms with Gasteiger partial charge in [0.05, 0.1) is 5.69 Å². The number of fused-ring (bicyclic) bond motifs is 1. The van der Waals surface area contributed by atoms with Crippen LogP contribution in [0, 0.1) is 17.7 Å². The first-order chi connectivity index (χ1) is 16.2. The van der Waals surface area contributed by atoms with Crippen molar-refractivity contribution in [1.29, 1.82) is 0 Å². The zero-order valence-electron chi connectivity index (χ0n) is 19.6. The fourth-order valence-corrected chi connectivity index (χ4v) is 5.75. The van der Waals surface area contributed by atoms with Gasteiger partial charge in [-0.2, -0.15) is 0 Å². The molecule has 0 amide bonds. The Bertz CT molecular complexity index is 1020. The maximum atomic E-state index is 13.1. The molecule has 2 heterocycles. The van der Waals surface area contributed by atoms with Gasteiger partial charge in [0.1, 0.15) is 5.82 Å². The number of nitrogens with zero attached hydrogens (tertiary/aromatic N) is 2. The predicted octanol–water partition coefficient (Wildman–Crippen LogP) is 6.73. The van der Waals surface area contributed by atoms with Gasteiger partial charge in [-0.15, -0.1) is 0 Å². The first-order valence-electron chi connectivity index (χ1n) is 12.7. The quantitative estimate of drug-likeness (QED) is 0.394. The molecule has 5 rings (SSSR count). The van der Waals surface area contributed by atoms with E-state index in [0.29, 0.717) is 0 Å². The maximum absolute atomic E-state index is 13.1. The Morgan fingerprint density at radius 1 is 0.818 bits per heavy atom. The van der Waals surface area contributed by atoms with Crippen LogP contribution >= 0.6 is 0 Å². The highest BCUT2D eigenvalue weighted by Crippen LogP contribution is 2.33. The van der Waals surface area contributed by atoms with Gasteiger partial charge in [-0.25, -0.2) is 4.39 Å². The molecule has 1 aliphatic carbocycles. The SMILES string of the molecule is Fc1ccc(CCN2CCC(CC3CCc4ccc(-c5ccccn5)cc4CC3)CC2)cc1. The minimum absolute atomic E-state index is 0.144. The van der Waals surface area contributed by atoms with Gasteiger partial charge in [0.25, 0.3) is 0 Å². The molecule has 1 atom stereocenters. The summed E-state index contributed by atoms with van der Waals surface area (Å²) in [6, 6.07) is 20.1. The summed E-state index contributed by atoms with van der Waals surface area (Å²) in [5, 5.41) is 0. The van der Waals surface area contributed by atoms with Crippen molar-refractivity contribution < 1.29 is 4.39 Å². The first-order valence-corrected chi connectivity index (χ1v) is 12.7. The highest BCUT2D eigenvalue weighted by atomic mass is 19.1. The molecule has 1 saturated heterocycles. The monoisotopic (exact) mass is 442 g/mol. The van der Waals surface area contributed by atoms with E-state index in [9.17, 15) is 4.39 Å². The van der Waals surface area contributed by atoms with Crippen LogP contribution in [0.1, 0.15) is 48.8 Å². The van der Waals surface area contributed by atoms with E-state index in [2.05, 4.69) is 40.2 Å². The molecule has 33 heavy (non-hydrogen) atoms. The van der Waals surface area contributed by atoms with E-state index in [-0.39, 0.29) is 5.82 Å². The number of aryl methyl sites for hydroxylation is 2. The summed E-state index contributed by atoms with van der Waals surface area (Å²) < 4.78 is 13.1. The second kappa shape index (κ2) is 10.6. The molecule has 2 nitrogen and oxygen atoms in total. The number of piperidine rings is 1. The van der Waals surface area contributed by atoms with Crippen LogP contribution in [0.5, 0.6) is 0 Å². The average molecular weight is 443 g/mol. The van der Waals surface area contributed by atoms with Crippen LogP contribution in [-0.4, -0.2) is 29.5 Å². The summed E-state index contributed by atoms with van der Waals surface area (Å²) in [7, 11) is 0. The third kappa shape index (κ3) is 5.89. The van der Waals surface area contributed by atoms with E-state index < -0.39 is 0 Å². The molecule has 0 spiro atoms. The van der Waals surface area contributed by atoms with Crippen molar-refractivity contribution in [2.24, 2.45) is 11.8 Å². The van der Waals surface area contributed by atoms with Crippen molar-refractivity contribution in [2.45, 2.75) is 51.4 Å². The fraction of sp³-hybridized carbons (Fsp3) is 0.433. The molecule has 3 aromatic rings. The maximum Gasteiger partial charge on any atom is 0.123 e. The van der Waals surface area contributed by atoms with E-state index in [4.69, 9.17) is 0 Å². The van der Waals surface area contributed by atoms with Crippen molar-refractivity contribution in [3.8, 4) is 11.3 Å². The van der Waals surface area contributed by atoms with Crippen molar-refractivity contribution in [3.63, 3.8) is 0 Å². The van der Waals surface area contributed by atoms with Gasteiger partial charge >= 0.3 is 0 Å². The highest BCUT2D eigenvalue weighted by molar-refractivity contribution is 5.61. The number of hydrogen-bond donors (Lipinski definition) is 0. The average Bonchev–Trinajstić information content (AvgIpc) is 3.07. The molecule has 2 aromatic carbocycles. The zero-order valence-corrected chi connectivity index (χ0v) is 19.6. The molecule has 2 aliphatic rings. The Hall–Kier alpha value is -2.52. The minimum Gasteiger partial charge on any atom is -0.303 e. The van der Waals surface area contributed by atoms with Gasteiger partial charge < -0.3 is 4.90 Å². The van der Waals surface area contributed by atoms with E-state index in [0.717, 1.165) is 30.5 Å². The second-order valence-electron chi connectivity index (χ2n) is 10.0. The van der Waals surface area contributed by atoms with Crippen molar-refractivity contribution in [2.75, 3.05) is 19.6 Å². The minimum atomic E-state index is -0.144. The van der Waals surface area contributed by atoms with Crippen LogP contribution in [0.25, 0.3) is 11.3 Å². The number of aromatic nitrogens is 1. The van der Waals surface area contributed by atoms with E-state index in [1.54, 1.807) is 17.7 Å². The van der Waals surface area contributed by atoms with Gasteiger partial charge in [0.2, 0.25) is 0 Å². The molecule has 0 radical (unpaired) electrons. The van der Waals surface area contributed by atoms with Crippen molar-refractivity contribution >= 4 is 0 Å². The number of hydrogen-bond acceptors (Lipinski definition) is 2. The lowest BCUT2D eigenvalue weighted by atomic mass is 9.83. The number of pyridine rings is 1. The van der Waals surface area contributed by atoms with Crippen LogP contribution in [0.4, 0.5) is 4.39 Å². The normalized spacial score (nSPS) is 19.7. The molecule has 1 fully saturated rings. The molecule has 1 aromatic heterocycles. The van der Waals surface area contributed by atoms with Crippen LogP contribution in [0.2, 0.25) is 0 Å². The molecule has 172 valence electrons. The van der Waals surface area contributed by atoms with Crippen LogP contribution in [-0.2, 0) is 19.3 Å². The third-order valence-electron chi connectivity index (χ3n) is 7.81. The van der Waals surface area contributed by atoms with Gasteiger partial charge in [-0.05, 0) is 123 Å². The van der Waals surface area contributed by atoms with E-state index >= 15 is 0 Å². The second-order valence-corrected chi connectivity index (χ2v) is 10.0. The zero-order chi connectivity index (χ0) is 22.5. The first kappa shape index (κ1) is 22.3. The van der Waals surface area contributed by atoms with Crippen LogP contribution in [0.15, 0.2) is 66.9 Å². The Morgan fingerprint density at radius 3 is 2.33 bits per heavy atom. The van der Waals surface area contributed by atoms with Crippen molar-refractivity contribution in [3.05, 3.63) is 89.4 Å². The number of halogens is 1. The Labute approximate surface area is 197 Å². The largest absolute Gasteiger partial charge is 0.303 e. The summed E-state index contributed by atoms with van der Waals surface area (Å²) in [4.78, 5) is 7.13. The molecule has 3 heteroatoms. The Balaban J connectivity index is 1.09. The molecule has 0 saturated carbocycles. The third-order valence-corrected chi connectivity index (χ3v) is 7.81. The summed E-state index contributed by atoms with van der Waals surface area (Å²) in [6.45, 7) is 3.52. The van der Waals surface area contributed by atoms with Crippen molar-refractivity contribution in [1.82, 2.24) is 9.88 Å². The lowest BCUT2D eigenvalue weighted by molar-refractivity contribution is 0.165.